The van der Waals surface area contributed by atoms with Gasteiger partial charge in [0, 0.05) is 12.2 Å². The van der Waals surface area contributed by atoms with E-state index in [-0.39, 0.29) is 23.4 Å². The first-order chi connectivity index (χ1) is 9.31. The van der Waals surface area contributed by atoms with Crippen molar-refractivity contribution in [1.82, 2.24) is 5.32 Å². The minimum atomic E-state index is -3.12. The summed E-state index contributed by atoms with van der Waals surface area (Å²) in [6.45, 7) is 1.53. The summed E-state index contributed by atoms with van der Waals surface area (Å²) in [5.74, 6) is -1.12. The van der Waals surface area contributed by atoms with Crippen LogP contribution in [0.3, 0.4) is 0 Å². The average Bonchev–Trinajstić information content (AvgIpc) is 2.70. The lowest BCUT2D eigenvalue weighted by molar-refractivity contribution is 0.0949. The number of sulfone groups is 1. The fourth-order valence-electron chi connectivity index (χ4n) is 2.35. The third kappa shape index (κ3) is 2.92. The van der Waals surface area contributed by atoms with Crippen molar-refractivity contribution < 1.29 is 17.6 Å². The Morgan fingerprint density at radius 1 is 1.50 bits per heavy atom. The quantitative estimate of drug-likeness (QED) is 0.816. The fourth-order valence-corrected chi connectivity index (χ4v) is 4.12. The zero-order valence-electron chi connectivity index (χ0n) is 11.1. The Bertz CT molecular complexity index is 643. The zero-order valence-corrected chi connectivity index (χ0v) is 12.0. The molecule has 1 saturated heterocycles. The number of amides is 1. The Hall–Kier alpha value is -1.63. The lowest BCUT2D eigenvalue weighted by atomic mass is 10.1. The summed E-state index contributed by atoms with van der Waals surface area (Å²) in [6.07, 6.45) is 1.13. The van der Waals surface area contributed by atoms with E-state index in [4.69, 9.17) is 5.73 Å². The summed E-state index contributed by atoms with van der Waals surface area (Å²) in [5.41, 5.74) is 6.01. The number of carbonyl (C=O) groups excluding carboxylic acids is 1. The molecule has 1 aromatic rings. The number of nitrogens with one attached hydrogen (secondary N) is 1. The smallest absolute Gasteiger partial charge is 0.254 e. The molecule has 2 rings (SSSR count). The van der Waals surface area contributed by atoms with Gasteiger partial charge in [0.15, 0.2) is 9.84 Å². The van der Waals surface area contributed by atoms with Crippen molar-refractivity contribution in [1.29, 1.82) is 0 Å². The molecule has 1 unspecified atom stereocenters. The number of benzene rings is 1. The van der Waals surface area contributed by atoms with E-state index in [0.717, 1.165) is 0 Å². The van der Waals surface area contributed by atoms with Gasteiger partial charge in [-0.05, 0) is 37.5 Å². The second kappa shape index (κ2) is 5.40. The van der Waals surface area contributed by atoms with E-state index in [1.54, 1.807) is 0 Å². The number of aryl methyl sites for hydroxylation is 1. The van der Waals surface area contributed by atoms with Crippen LogP contribution in [-0.4, -0.2) is 31.9 Å². The van der Waals surface area contributed by atoms with Crippen LogP contribution in [0.2, 0.25) is 0 Å². The number of hydrogen-bond donors (Lipinski definition) is 2. The molecule has 1 aromatic carbocycles. The number of halogens is 1. The molecule has 20 heavy (non-hydrogen) atoms. The molecule has 1 aliphatic rings. The van der Waals surface area contributed by atoms with Gasteiger partial charge in [-0.1, -0.05) is 0 Å². The molecule has 0 saturated carbocycles. The molecule has 1 atom stereocenters. The van der Waals surface area contributed by atoms with Gasteiger partial charge in [-0.2, -0.15) is 0 Å². The highest BCUT2D eigenvalue weighted by Crippen LogP contribution is 2.20. The summed E-state index contributed by atoms with van der Waals surface area (Å²) in [6, 6.07) is 2.69. The maximum Gasteiger partial charge on any atom is 0.254 e. The van der Waals surface area contributed by atoms with Crippen molar-refractivity contribution >= 4 is 21.4 Å². The number of anilines is 1. The molecule has 1 fully saturated rings. The van der Waals surface area contributed by atoms with Gasteiger partial charge in [-0.15, -0.1) is 0 Å². The van der Waals surface area contributed by atoms with Crippen LogP contribution in [0.1, 0.15) is 28.8 Å². The molecule has 3 N–H and O–H groups in total. The Morgan fingerprint density at radius 3 is 2.80 bits per heavy atom. The van der Waals surface area contributed by atoms with E-state index < -0.39 is 26.8 Å². The van der Waals surface area contributed by atoms with Gasteiger partial charge >= 0.3 is 0 Å². The van der Waals surface area contributed by atoms with E-state index in [1.165, 1.54) is 19.1 Å². The van der Waals surface area contributed by atoms with Crippen LogP contribution >= 0.6 is 0 Å². The summed E-state index contributed by atoms with van der Waals surface area (Å²) < 4.78 is 37.1. The van der Waals surface area contributed by atoms with Crippen molar-refractivity contribution in [2.24, 2.45) is 0 Å². The van der Waals surface area contributed by atoms with Crippen molar-refractivity contribution in [3.63, 3.8) is 0 Å². The van der Waals surface area contributed by atoms with Gasteiger partial charge in [0.2, 0.25) is 0 Å². The van der Waals surface area contributed by atoms with Crippen molar-refractivity contribution in [3.05, 3.63) is 29.1 Å². The van der Waals surface area contributed by atoms with Gasteiger partial charge < -0.3 is 11.1 Å². The van der Waals surface area contributed by atoms with Crippen molar-refractivity contribution in [2.45, 2.75) is 25.0 Å². The predicted octanol–water partition coefficient (Wildman–Crippen LogP) is 1.02. The Kier molecular flexibility index (Phi) is 3.99. The zero-order chi connectivity index (χ0) is 14.9. The highest BCUT2D eigenvalue weighted by molar-refractivity contribution is 7.92. The fraction of sp³-hybridized carbons (Fsp3) is 0.462. The third-order valence-electron chi connectivity index (χ3n) is 3.47. The van der Waals surface area contributed by atoms with Crippen molar-refractivity contribution in [3.8, 4) is 0 Å². The number of nitrogen functional groups attached to an aromatic ring is 1. The normalized spacial score (nSPS) is 20.8. The number of rotatable bonds is 3. The third-order valence-corrected chi connectivity index (χ3v) is 5.75. The van der Waals surface area contributed by atoms with Crippen LogP contribution < -0.4 is 11.1 Å². The molecule has 1 heterocycles. The molecule has 0 bridgehead atoms. The molecule has 1 amide bonds. The second-order valence-corrected chi connectivity index (χ2v) is 7.44. The maximum atomic E-state index is 13.9. The maximum absolute atomic E-state index is 13.9. The summed E-state index contributed by atoms with van der Waals surface area (Å²) >= 11 is 0. The average molecular weight is 300 g/mol. The number of carbonyl (C=O) groups is 1. The molecule has 7 heteroatoms. The molecular formula is C13H17FN2O3S. The Morgan fingerprint density at radius 2 is 2.20 bits per heavy atom. The van der Waals surface area contributed by atoms with Crippen LogP contribution in [0.15, 0.2) is 12.1 Å². The molecule has 0 spiro atoms. The minimum absolute atomic E-state index is 0.00839. The van der Waals surface area contributed by atoms with Crippen LogP contribution in [0, 0.1) is 12.7 Å². The minimum Gasteiger partial charge on any atom is -0.399 e. The summed E-state index contributed by atoms with van der Waals surface area (Å²) in [4.78, 5) is 11.9. The second-order valence-electron chi connectivity index (χ2n) is 5.04. The molecule has 0 aliphatic carbocycles. The predicted molar refractivity (Wildman–Crippen MR) is 74.7 cm³/mol. The van der Waals surface area contributed by atoms with Crippen molar-refractivity contribution in [2.75, 3.05) is 18.0 Å². The van der Waals surface area contributed by atoms with E-state index in [9.17, 15) is 17.6 Å². The molecule has 1 aliphatic heterocycles. The summed E-state index contributed by atoms with van der Waals surface area (Å²) in [5, 5.41) is 1.91. The van der Waals surface area contributed by atoms with Gasteiger partial charge in [0.25, 0.3) is 5.91 Å². The lowest BCUT2D eigenvalue weighted by Crippen LogP contribution is -2.35. The van der Waals surface area contributed by atoms with E-state index in [2.05, 4.69) is 5.32 Å². The number of nitrogens with two attached hydrogens (primary N) is 1. The topological polar surface area (TPSA) is 89.3 Å². The SMILES string of the molecule is Cc1cc(N)cc(C(=O)NCC2CCCS2(=O)=O)c1F. The number of hydrogen-bond acceptors (Lipinski definition) is 4. The van der Waals surface area contributed by atoms with Crippen LogP contribution in [0.25, 0.3) is 0 Å². The molecule has 110 valence electrons. The largest absolute Gasteiger partial charge is 0.399 e. The van der Waals surface area contributed by atoms with E-state index >= 15 is 0 Å². The molecular weight excluding hydrogens is 283 g/mol. The molecule has 0 radical (unpaired) electrons. The first-order valence-electron chi connectivity index (χ1n) is 6.36. The molecule has 0 aromatic heterocycles. The van der Waals surface area contributed by atoms with Gasteiger partial charge in [0.05, 0.1) is 16.6 Å². The van der Waals surface area contributed by atoms with Crippen LogP contribution in [-0.2, 0) is 9.84 Å². The highest BCUT2D eigenvalue weighted by atomic mass is 32.2. The van der Waals surface area contributed by atoms with Crippen LogP contribution in [0.5, 0.6) is 0 Å². The van der Waals surface area contributed by atoms with Gasteiger partial charge in [-0.3, -0.25) is 4.79 Å². The Labute approximate surface area is 117 Å². The standard InChI is InChI=1S/C13H17FN2O3S/c1-8-5-9(15)6-11(12(8)14)13(17)16-7-10-3-2-4-20(10,18)19/h5-6,10H,2-4,7,15H2,1H3,(H,16,17). The first kappa shape index (κ1) is 14.8. The van der Waals surface area contributed by atoms with E-state index in [0.29, 0.717) is 18.5 Å². The summed E-state index contributed by atoms with van der Waals surface area (Å²) in [7, 11) is -3.12. The van der Waals surface area contributed by atoms with Crippen LogP contribution in [0.4, 0.5) is 10.1 Å². The Balaban J connectivity index is 2.10. The molecule has 5 nitrogen and oxygen atoms in total. The lowest BCUT2D eigenvalue weighted by Gasteiger charge is -2.12. The first-order valence-corrected chi connectivity index (χ1v) is 8.08. The monoisotopic (exact) mass is 300 g/mol. The van der Waals surface area contributed by atoms with Gasteiger partial charge in [-0.25, -0.2) is 12.8 Å². The van der Waals surface area contributed by atoms with Gasteiger partial charge in [0.1, 0.15) is 5.82 Å². The van der Waals surface area contributed by atoms with E-state index in [1.807, 2.05) is 0 Å². The highest BCUT2D eigenvalue weighted by Gasteiger charge is 2.31.